The maximum atomic E-state index is 11.5. The van der Waals surface area contributed by atoms with Crippen LogP contribution in [0.4, 0.5) is 0 Å². The Morgan fingerprint density at radius 3 is 2.75 bits per heavy atom. The minimum Gasteiger partial charge on any atom is -0.297 e. The zero-order valence-electron chi connectivity index (χ0n) is 9.09. The molecule has 4 nitrogen and oxygen atoms in total. The molecule has 0 spiro atoms. The van der Waals surface area contributed by atoms with Crippen LogP contribution in [0.1, 0.15) is 11.1 Å². The van der Waals surface area contributed by atoms with Crippen LogP contribution in [-0.2, 0) is 0 Å². The van der Waals surface area contributed by atoms with Gasteiger partial charge in [0.2, 0.25) is 0 Å². The van der Waals surface area contributed by atoms with E-state index in [9.17, 15) is 4.79 Å². The van der Waals surface area contributed by atoms with E-state index in [2.05, 4.69) is 21.2 Å². The van der Waals surface area contributed by atoms with Crippen LogP contribution in [0.3, 0.4) is 0 Å². The van der Waals surface area contributed by atoms with Crippen LogP contribution in [0.25, 0.3) is 21.8 Å². The van der Waals surface area contributed by atoms with Crippen molar-refractivity contribution >= 4 is 21.8 Å². The number of nitrogens with one attached hydrogen (secondary N) is 2. The minimum atomic E-state index is -0.122. The number of rotatable bonds is 0. The average Bonchev–Trinajstić information content (AvgIpc) is 2.60. The Labute approximate surface area is 91.3 Å². The van der Waals surface area contributed by atoms with Crippen molar-refractivity contribution in [3.63, 3.8) is 0 Å². The van der Waals surface area contributed by atoms with Crippen LogP contribution >= 0.6 is 0 Å². The first-order chi connectivity index (χ1) is 7.66. The zero-order chi connectivity index (χ0) is 11.3. The summed E-state index contributed by atoms with van der Waals surface area (Å²) >= 11 is 0. The van der Waals surface area contributed by atoms with Gasteiger partial charge >= 0.3 is 0 Å². The maximum Gasteiger partial charge on any atom is 0.273 e. The molecule has 2 N–H and O–H groups in total. The molecule has 4 heteroatoms. The number of hydrogen-bond donors (Lipinski definition) is 2. The van der Waals surface area contributed by atoms with Gasteiger partial charge in [0.05, 0.1) is 16.4 Å². The van der Waals surface area contributed by atoms with Gasteiger partial charge < -0.3 is 0 Å². The molecular formula is C12H11N3O. The van der Waals surface area contributed by atoms with Gasteiger partial charge in [-0.25, -0.2) is 0 Å². The third-order valence-electron chi connectivity index (χ3n) is 2.85. The fourth-order valence-corrected chi connectivity index (χ4v) is 2.15. The number of fused-ring (bicyclic) bond motifs is 3. The third kappa shape index (κ3) is 1.10. The molecule has 0 aliphatic carbocycles. The molecule has 3 aromatic rings. The Bertz CT molecular complexity index is 752. The normalized spacial score (nSPS) is 11.4. The molecule has 16 heavy (non-hydrogen) atoms. The lowest BCUT2D eigenvalue weighted by Gasteiger charge is -2.03. The molecule has 3 rings (SSSR count). The van der Waals surface area contributed by atoms with Crippen molar-refractivity contribution in [3.05, 3.63) is 39.8 Å². The van der Waals surface area contributed by atoms with Crippen LogP contribution in [0.5, 0.6) is 0 Å². The topological polar surface area (TPSA) is 61.5 Å². The largest absolute Gasteiger partial charge is 0.297 e. The van der Waals surface area contributed by atoms with Gasteiger partial charge in [-0.1, -0.05) is 11.6 Å². The summed E-state index contributed by atoms with van der Waals surface area (Å²) in [6.45, 7) is 4.06. The highest BCUT2D eigenvalue weighted by Gasteiger charge is 2.08. The van der Waals surface area contributed by atoms with Gasteiger partial charge in [-0.05, 0) is 25.5 Å². The Hall–Kier alpha value is -2.10. The van der Waals surface area contributed by atoms with Crippen molar-refractivity contribution in [2.24, 2.45) is 0 Å². The molecule has 0 fully saturated rings. The summed E-state index contributed by atoms with van der Waals surface area (Å²) in [6.07, 6.45) is 1.62. The Morgan fingerprint density at radius 1 is 1.12 bits per heavy atom. The van der Waals surface area contributed by atoms with Crippen LogP contribution in [0, 0.1) is 13.8 Å². The first-order valence-electron chi connectivity index (χ1n) is 5.13. The molecule has 0 amide bonds. The minimum absolute atomic E-state index is 0.122. The van der Waals surface area contributed by atoms with E-state index in [1.807, 2.05) is 19.9 Å². The van der Waals surface area contributed by atoms with E-state index in [0.29, 0.717) is 5.39 Å². The molecule has 0 saturated carbocycles. The second-order valence-corrected chi connectivity index (χ2v) is 4.10. The van der Waals surface area contributed by atoms with Gasteiger partial charge in [0, 0.05) is 11.6 Å². The quantitative estimate of drug-likeness (QED) is 0.600. The zero-order valence-corrected chi connectivity index (χ0v) is 9.09. The lowest BCUT2D eigenvalue weighted by Crippen LogP contribution is -1.97. The van der Waals surface area contributed by atoms with Crippen LogP contribution < -0.4 is 5.56 Å². The van der Waals surface area contributed by atoms with Crippen LogP contribution in [0.2, 0.25) is 0 Å². The number of aromatic amines is 2. The fourth-order valence-electron chi connectivity index (χ4n) is 2.15. The van der Waals surface area contributed by atoms with Crippen molar-refractivity contribution in [2.75, 3.05) is 0 Å². The van der Waals surface area contributed by atoms with E-state index < -0.39 is 0 Å². The summed E-state index contributed by atoms with van der Waals surface area (Å²) in [5, 5.41) is 7.10. The van der Waals surface area contributed by atoms with E-state index in [1.165, 1.54) is 5.56 Å². The maximum absolute atomic E-state index is 11.5. The van der Waals surface area contributed by atoms with Gasteiger partial charge in [-0.3, -0.25) is 20.0 Å². The van der Waals surface area contributed by atoms with Crippen LogP contribution in [-0.4, -0.2) is 15.2 Å². The molecule has 80 valence electrons. The third-order valence-corrected chi connectivity index (χ3v) is 2.85. The van der Waals surface area contributed by atoms with Crippen molar-refractivity contribution < 1.29 is 0 Å². The molecule has 0 aliphatic heterocycles. The number of hydrogen-bond acceptors (Lipinski definition) is 2. The van der Waals surface area contributed by atoms with Crippen molar-refractivity contribution in [3.8, 4) is 0 Å². The molecular weight excluding hydrogens is 202 g/mol. The predicted octanol–water partition coefficient (Wildman–Crippen LogP) is 2.02. The van der Waals surface area contributed by atoms with E-state index >= 15 is 0 Å². The van der Waals surface area contributed by atoms with E-state index in [0.717, 1.165) is 22.0 Å². The summed E-state index contributed by atoms with van der Waals surface area (Å²) in [5.74, 6) is 0. The molecule has 0 saturated heterocycles. The number of pyridine rings is 1. The van der Waals surface area contributed by atoms with Gasteiger partial charge in [0.1, 0.15) is 0 Å². The first-order valence-corrected chi connectivity index (χ1v) is 5.13. The van der Waals surface area contributed by atoms with Crippen molar-refractivity contribution in [2.45, 2.75) is 13.8 Å². The molecule has 1 aromatic carbocycles. The van der Waals surface area contributed by atoms with Gasteiger partial charge in [0.25, 0.3) is 5.56 Å². The standard InChI is InChI=1S/C12H11N3O/c1-6-3-7(2)10-8(4-6)11-9(5-13-10)12(16)15-14-11/h3-5H,1-2H3,(H2,14,15,16). The highest BCUT2D eigenvalue weighted by molar-refractivity contribution is 6.03. The number of benzene rings is 1. The SMILES string of the molecule is Cc1cc(C)c2ncc3c(=O)[nH][nH]c3c2c1. The van der Waals surface area contributed by atoms with Gasteiger partial charge in [-0.2, -0.15) is 0 Å². The van der Waals surface area contributed by atoms with E-state index in [4.69, 9.17) is 0 Å². The van der Waals surface area contributed by atoms with E-state index in [1.54, 1.807) is 6.20 Å². The number of nitrogens with zero attached hydrogens (tertiary/aromatic N) is 1. The molecule has 0 radical (unpaired) electrons. The summed E-state index contributed by atoms with van der Waals surface area (Å²) < 4.78 is 0. The Kier molecular flexibility index (Phi) is 1.68. The summed E-state index contributed by atoms with van der Waals surface area (Å²) in [7, 11) is 0. The Morgan fingerprint density at radius 2 is 1.94 bits per heavy atom. The fraction of sp³-hybridized carbons (Fsp3) is 0.167. The summed E-state index contributed by atoms with van der Waals surface area (Å²) in [4.78, 5) is 15.8. The Balaban J connectivity index is 2.65. The average molecular weight is 213 g/mol. The molecule has 0 bridgehead atoms. The monoisotopic (exact) mass is 213 g/mol. The molecule has 0 atom stereocenters. The number of H-pyrrole nitrogens is 2. The van der Waals surface area contributed by atoms with Crippen molar-refractivity contribution in [1.82, 2.24) is 15.2 Å². The lowest BCUT2D eigenvalue weighted by molar-refractivity contribution is 1.08. The molecule has 0 aliphatic rings. The van der Waals surface area contributed by atoms with E-state index in [-0.39, 0.29) is 5.56 Å². The summed E-state index contributed by atoms with van der Waals surface area (Å²) in [5.41, 5.74) is 3.94. The smallest absolute Gasteiger partial charge is 0.273 e. The van der Waals surface area contributed by atoms with Crippen molar-refractivity contribution in [1.29, 1.82) is 0 Å². The molecule has 2 heterocycles. The second-order valence-electron chi connectivity index (χ2n) is 4.10. The molecule has 0 unspecified atom stereocenters. The van der Waals surface area contributed by atoms with Crippen LogP contribution in [0.15, 0.2) is 23.1 Å². The van der Waals surface area contributed by atoms with Gasteiger partial charge in [0.15, 0.2) is 0 Å². The highest BCUT2D eigenvalue weighted by Crippen LogP contribution is 2.23. The summed E-state index contributed by atoms with van der Waals surface area (Å²) in [6, 6.07) is 4.13. The number of aryl methyl sites for hydroxylation is 2. The molecule has 2 aromatic heterocycles. The van der Waals surface area contributed by atoms with Gasteiger partial charge in [-0.15, -0.1) is 0 Å². The lowest BCUT2D eigenvalue weighted by atomic mass is 10.1. The highest BCUT2D eigenvalue weighted by atomic mass is 16.1. The predicted molar refractivity (Wildman–Crippen MR) is 63.7 cm³/mol. The second kappa shape index (κ2) is 2.95. The first kappa shape index (κ1) is 9.15. The number of aromatic nitrogens is 3.